The standard InChI is InChI=1S/C43H56F3N6O7P/c1-4-7-9-11-14-18-30(19-15-12-10-8-5-2)27-56-41(54)35(24-31-22-32(44)25-33(45)23-31)51-60(55,59-34-20-16-13-17-21-34)57-28-43(6-3)36(53)26-37(58-43)52-29-48-38-39(47)49-42(46)50-40(38)52/h3,13,16-17,20-23,25,29-30,35-37,53H,4-5,7-12,14-15,18-19,24,26-28H2,1-2H3,(H,51,55)(H2,47,49,50)/t35-,36-,37+,43+,60?/m0/s1. The van der Waals surface area contributed by atoms with Gasteiger partial charge in [0, 0.05) is 12.5 Å². The summed E-state index contributed by atoms with van der Waals surface area (Å²) in [6.07, 6.45) is 15.7. The molecule has 60 heavy (non-hydrogen) atoms. The lowest BCUT2D eigenvalue weighted by Crippen LogP contribution is -2.44. The Balaban J connectivity index is 1.39. The predicted octanol–water partition coefficient (Wildman–Crippen LogP) is 8.76. The maximum atomic E-state index is 14.9. The zero-order valence-corrected chi connectivity index (χ0v) is 35.1. The van der Waals surface area contributed by atoms with Crippen molar-refractivity contribution in [3.8, 4) is 18.1 Å². The van der Waals surface area contributed by atoms with Crippen molar-refractivity contribution in [3.05, 3.63) is 78.1 Å². The number of aliphatic hydroxyl groups is 1. The van der Waals surface area contributed by atoms with Gasteiger partial charge in [-0.3, -0.25) is 13.9 Å². The summed E-state index contributed by atoms with van der Waals surface area (Å²) >= 11 is 0. The highest BCUT2D eigenvalue weighted by Crippen LogP contribution is 2.48. The lowest BCUT2D eigenvalue weighted by molar-refractivity contribution is -0.147. The SMILES string of the molecule is C#C[C@]1(COP(=O)(N[C@@H](Cc2cc(F)cc(F)c2)C(=O)OCC(CCCCCCC)CCCCCCC)Oc2ccccc2)O[C@@H](n2cnc3c(N)nc(F)nc32)C[C@@H]1O. The number of imidazole rings is 1. The van der Waals surface area contributed by atoms with Crippen LogP contribution in [-0.4, -0.2) is 61.6 Å². The maximum absolute atomic E-state index is 14.9. The summed E-state index contributed by atoms with van der Waals surface area (Å²) in [5.74, 6) is -0.240. The number of halogens is 3. The van der Waals surface area contributed by atoms with E-state index in [-0.39, 0.29) is 53.7 Å². The van der Waals surface area contributed by atoms with Crippen LogP contribution in [0.3, 0.4) is 0 Å². The summed E-state index contributed by atoms with van der Waals surface area (Å²) in [6.45, 7) is 3.66. The average Bonchev–Trinajstić information content (AvgIpc) is 3.79. The molecule has 13 nitrogen and oxygen atoms in total. The molecule has 0 aliphatic carbocycles. The van der Waals surface area contributed by atoms with E-state index in [1.807, 2.05) is 0 Å². The van der Waals surface area contributed by atoms with Gasteiger partial charge in [-0.15, -0.1) is 6.42 Å². The molecule has 0 saturated carbocycles. The number of rotatable bonds is 25. The van der Waals surface area contributed by atoms with Crippen LogP contribution in [0.25, 0.3) is 11.2 Å². The number of nitrogens with zero attached hydrogens (tertiary/aromatic N) is 4. The number of aliphatic hydroxyl groups excluding tert-OH is 1. The molecule has 3 heterocycles. The highest BCUT2D eigenvalue weighted by Gasteiger charge is 2.50. The fraction of sp³-hybridized carbons (Fsp3) is 0.535. The monoisotopic (exact) mass is 856 g/mol. The summed E-state index contributed by atoms with van der Waals surface area (Å²) in [5.41, 5.74) is 4.02. The van der Waals surface area contributed by atoms with E-state index in [1.165, 1.54) is 23.0 Å². The number of para-hydroxylation sites is 1. The zero-order valence-electron chi connectivity index (χ0n) is 34.2. The van der Waals surface area contributed by atoms with Crippen LogP contribution < -0.4 is 15.3 Å². The van der Waals surface area contributed by atoms with Crippen LogP contribution in [0, 0.1) is 36.0 Å². The molecule has 1 aliphatic heterocycles. The Hall–Kier alpha value is -4.52. The number of hydrogen-bond acceptors (Lipinski definition) is 11. The highest BCUT2D eigenvalue weighted by atomic mass is 31.2. The van der Waals surface area contributed by atoms with Gasteiger partial charge in [-0.2, -0.15) is 19.4 Å². The lowest BCUT2D eigenvalue weighted by atomic mass is 9.95. The molecule has 5 atom stereocenters. The number of nitrogens with one attached hydrogen (secondary N) is 1. The molecule has 326 valence electrons. The minimum atomic E-state index is -4.71. The van der Waals surface area contributed by atoms with E-state index >= 15 is 0 Å². The predicted molar refractivity (Wildman–Crippen MR) is 221 cm³/mol. The minimum Gasteiger partial charge on any atom is -0.464 e. The molecule has 2 aromatic carbocycles. The molecule has 0 amide bonds. The van der Waals surface area contributed by atoms with E-state index in [9.17, 15) is 27.6 Å². The Bertz CT molecular complexity index is 2050. The Morgan fingerprint density at radius 2 is 1.68 bits per heavy atom. The molecular formula is C43H56F3N6O7P. The molecule has 0 radical (unpaired) electrons. The number of unbranched alkanes of at least 4 members (excludes halogenated alkanes) is 8. The number of benzene rings is 2. The summed E-state index contributed by atoms with van der Waals surface area (Å²) < 4.78 is 83.2. The van der Waals surface area contributed by atoms with Crippen molar-refractivity contribution in [2.24, 2.45) is 5.92 Å². The van der Waals surface area contributed by atoms with Crippen LogP contribution in [0.4, 0.5) is 19.0 Å². The van der Waals surface area contributed by atoms with Crippen molar-refractivity contribution in [2.75, 3.05) is 18.9 Å². The topological polar surface area (TPSA) is 173 Å². The molecule has 1 saturated heterocycles. The van der Waals surface area contributed by atoms with Crippen molar-refractivity contribution in [3.63, 3.8) is 0 Å². The van der Waals surface area contributed by atoms with Crippen LogP contribution in [-0.2, 0) is 29.8 Å². The number of ether oxygens (including phenoxy) is 2. The number of hydrogen-bond donors (Lipinski definition) is 3. The number of aromatic nitrogens is 4. The van der Waals surface area contributed by atoms with Crippen LogP contribution in [0.5, 0.6) is 5.75 Å². The first-order valence-electron chi connectivity index (χ1n) is 20.7. The van der Waals surface area contributed by atoms with Crippen molar-refractivity contribution in [1.29, 1.82) is 0 Å². The van der Waals surface area contributed by atoms with E-state index in [4.69, 9.17) is 30.7 Å². The third-order valence-electron chi connectivity index (χ3n) is 10.6. The number of anilines is 1. The number of nitrogen functional groups attached to an aromatic ring is 1. The first kappa shape index (κ1) is 46.5. The minimum absolute atomic E-state index is 0.0175. The first-order chi connectivity index (χ1) is 28.9. The van der Waals surface area contributed by atoms with Crippen LogP contribution in [0.1, 0.15) is 109 Å². The molecule has 1 unspecified atom stereocenters. The number of carbonyl (C=O) groups excluding carboxylic acids is 1. The molecular weight excluding hydrogens is 800 g/mol. The smallest absolute Gasteiger partial charge is 0.459 e. The van der Waals surface area contributed by atoms with Gasteiger partial charge >= 0.3 is 19.8 Å². The average molecular weight is 857 g/mol. The number of carbonyl (C=O) groups is 1. The fourth-order valence-electron chi connectivity index (χ4n) is 7.26. The van der Waals surface area contributed by atoms with Crippen molar-refractivity contribution >= 4 is 30.7 Å². The largest absolute Gasteiger partial charge is 0.464 e. The third kappa shape index (κ3) is 13.0. The lowest BCUT2D eigenvalue weighted by Gasteiger charge is -2.30. The van der Waals surface area contributed by atoms with Gasteiger partial charge in [0.1, 0.15) is 42.4 Å². The molecule has 4 aromatic rings. The highest BCUT2D eigenvalue weighted by molar-refractivity contribution is 7.52. The quantitative estimate of drug-likeness (QED) is 0.0191. The second-order valence-electron chi connectivity index (χ2n) is 15.3. The summed E-state index contributed by atoms with van der Waals surface area (Å²) in [4.78, 5) is 25.5. The summed E-state index contributed by atoms with van der Waals surface area (Å²) in [6, 6.07) is 9.27. The normalized spacial score (nSPS) is 19.3. The van der Waals surface area contributed by atoms with Crippen molar-refractivity contribution in [2.45, 2.75) is 128 Å². The van der Waals surface area contributed by atoms with Gasteiger partial charge in [-0.05, 0) is 55.0 Å². The number of fused-ring (bicyclic) bond motifs is 1. The second-order valence-corrected chi connectivity index (χ2v) is 17.0. The van der Waals surface area contributed by atoms with Gasteiger partial charge in [0.15, 0.2) is 22.6 Å². The summed E-state index contributed by atoms with van der Waals surface area (Å²) in [5, 5.41) is 14.0. The summed E-state index contributed by atoms with van der Waals surface area (Å²) in [7, 11) is -4.71. The second kappa shape index (κ2) is 22.4. The molecule has 0 bridgehead atoms. The molecule has 1 aliphatic rings. The third-order valence-corrected chi connectivity index (χ3v) is 12.1. The maximum Gasteiger partial charge on any atom is 0.459 e. The Kier molecular flexibility index (Phi) is 17.3. The van der Waals surface area contributed by atoms with Gasteiger partial charge in [-0.25, -0.2) is 18.3 Å². The van der Waals surface area contributed by atoms with E-state index < -0.39 is 62.0 Å². The van der Waals surface area contributed by atoms with Crippen LogP contribution in [0.2, 0.25) is 0 Å². The van der Waals surface area contributed by atoms with Crippen molar-refractivity contribution < 1.29 is 46.2 Å². The van der Waals surface area contributed by atoms with Gasteiger partial charge in [0.25, 0.3) is 0 Å². The fourth-order valence-corrected chi connectivity index (χ4v) is 8.78. The Morgan fingerprint density at radius 1 is 1.03 bits per heavy atom. The van der Waals surface area contributed by atoms with Crippen molar-refractivity contribution in [1.82, 2.24) is 24.6 Å². The first-order valence-corrected chi connectivity index (χ1v) is 22.3. The van der Waals surface area contributed by atoms with E-state index in [2.05, 4.69) is 39.8 Å². The van der Waals surface area contributed by atoms with Crippen LogP contribution >= 0.6 is 7.75 Å². The molecule has 5 rings (SSSR count). The number of nitrogens with two attached hydrogens (primary N) is 1. The Labute approximate surface area is 349 Å². The van der Waals surface area contributed by atoms with E-state index in [0.29, 0.717) is 6.07 Å². The molecule has 0 spiro atoms. The molecule has 2 aromatic heterocycles. The number of terminal acetylenes is 1. The zero-order chi connectivity index (χ0) is 43.1. The van der Waals surface area contributed by atoms with Gasteiger partial charge < -0.3 is 24.8 Å². The van der Waals surface area contributed by atoms with Gasteiger partial charge in [0.2, 0.25) is 0 Å². The molecule has 17 heteroatoms. The van der Waals surface area contributed by atoms with E-state index in [0.717, 1.165) is 89.2 Å². The van der Waals surface area contributed by atoms with Crippen LogP contribution in [0.15, 0.2) is 54.9 Å². The van der Waals surface area contributed by atoms with E-state index in [1.54, 1.807) is 18.2 Å². The van der Waals surface area contributed by atoms with Gasteiger partial charge in [-0.1, -0.05) is 102 Å². The Morgan fingerprint density at radius 3 is 2.32 bits per heavy atom. The molecule has 1 fully saturated rings. The molecule has 4 N–H and O–H groups in total. The van der Waals surface area contributed by atoms with Gasteiger partial charge in [0.05, 0.1) is 12.9 Å². The number of esters is 1.